The van der Waals surface area contributed by atoms with Crippen LogP contribution in [0.5, 0.6) is 11.6 Å². The zero-order chi connectivity index (χ0) is 13.5. The van der Waals surface area contributed by atoms with Crippen molar-refractivity contribution < 1.29 is 4.74 Å². The maximum Gasteiger partial charge on any atom is 0.264 e. The Morgan fingerprint density at radius 2 is 2.10 bits per heavy atom. The molecule has 4 rings (SSSR count). The molecule has 0 N–H and O–H groups in total. The number of aryl methyl sites for hydroxylation is 2. The Labute approximate surface area is 124 Å². The van der Waals surface area contributed by atoms with Crippen LogP contribution in [0.1, 0.15) is 17.5 Å². The van der Waals surface area contributed by atoms with Gasteiger partial charge in [0, 0.05) is 18.6 Å². The van der Waals surface area contributed by atoms with Crippen LogP contribution in [0.2, 0.25) is 0 Å². The zero-order valence-corrected chi connectivity index (χ0v) is 12.3. The van der Waals surface area contributed by atoms with Crippen molar-refractivity contribution in [3.63, 3.8) is 0 Å². The van der Waals surface area contributed by atoms with Gasteiger partial charge in [0.2, 0.25) is 5.65 Å². The predicted octanol–water partition coefficient (Wildman–Crippen LogP) is 3.77. The van der Waals surface area contributed by atoms with Crippen LogP contribution in [0, 0.1) is 0 Å². The molecule has 0 unspecified atom stereocenters. The van der Waals surface area contributed by atoms with E-state index >= 15 is 0 Å². The van der Waals surface area contributed by atoms with E-state index in [1.165, 1.54) is 24.0 Å². The molecule has 20 heavy (non-hydrogen) atoms. The van der Waals surface area contributed by atoms with Gasteiger partial charge in [0.15, 0.2) is 0 Å². The first-order valence-electron chi connectivity index (χ1n) is 6.58. The topological polar surface area (TPSA) is 39.4 Å². The minimum Gasteiger partial charge on any atom is -0.436 e. The average molecular weight is 330 g/mol. The van der Waals surface area contributed by atoms with Gasteiger partial charge < -0.3 is 4.74 Å². The molecule has 2 aromatic heterocycles. The van der Waals surface area contributed by atoms with Gasteiger partial charge in [-0.15, -0.1) is 0 Å². The largest absolute Gasteiger partial charge is 0.436 e. The Balaban J connectivity index is 1.75. The molecule has 0 fully saturated rings. The molecule has 2 heterocycles. The summed E-state index contributed by atoms with van der Waals surface area (Å²) in [5, 5.41) is 0. The minimum atomic E-state index is 0.516. The fraction of sp³-hybridized carbons (Fsp3) is 0.200. The summed E-state index contributed by atoms with van der Waals surface area (Å²) >= 11 is 3.39. The number of fused-ring (bicyclic) bond motifs is 2. The van der Waals surface area contributed by atoms with Gasteiger partial charge in [-0.1, -0.05) is 6.07 Å². The molecule has 0 saturated heterocycles. The van der Waals surface area contributed by atoms with Crippen LogP contribution >= 0.6 is 15.9 Å². The molecular weight excluding hydrogens is 318 g/mol. The second-order valence-corrected chi connectivity index (χ2v) is 5.73. The highest BCUT2D eigenvalue weighted by Gasteiger charge is 2.13. The second kappa shape index (κ2) is 4.59. The average Bonchev–Trinajstić information content (AvgIpc) is 3.05. The van der Waals surface area contributed by atoms with Gasteiger partial charge in [-0.3, -0.25) is 4.40 Å². The monoisotopic (exact) mass is 329 g/mol. The van der Waals surface area contributed by atoms with E-state index in [0.29, 0.717) is 11.5 Å². The van der Waals surface area contributed by atoms with E-state index < -0.39 is 0 Å². The highest BCUT2D eigenvalue weighted by Crippen LogP contribution is 2.30. The van der Waals surface area contributed by atoms with Crippen molar-refractivity contribution in [2.24, 2.45) is 0 Å². The Kier molecular flexibility index (Phi) is 2.73. The number of benzene rings is 1. The van der Waals surface area contributed by atoms with Crippen LogP contribution in [-0.2, 0) is 12.8 Å². The zero-order valence-electron chi connectivity index (χ0n) is 10.7. The lowest BCUT2D eigenvalue weighted by Crippen LogP contribution is -1.95. The minimum absolute atomic E-state index is 0.516. The molecule has 5 heteroatoms. The molecule has 0 bridgehead atoms. The van der Waals surface area contributed by atoms with Crippen molar-refractivity contribution in [2.45, 2.75) is 19.3 Å². The summed E-state index contributed by atoms with van der Waals surface area (Å²) in [5.74, 6) is 1.34. The number of imidazole rings is 1. The lowest BCUT2D eigenvalue weighted by Gasteiger charge is -2.08. The molecule has 4 nitrogen and oxygen atoms in total. The standard InChI is InChI=1S/C15H12BrN3O/c16-13-9-19-7-6-17-14(19)15(18-13)20-12-5-4-10-2-1-3-11(10)8-12/h4-9H,1-3H2. The summed E-state index contributed by atoms with van der Waals surface area (Å²) in [6, 6.07) is 6.27. The molecule has 1 aliphatic rings. The second-order valence-electron chi connectivity index (χ2n) is 4.91. The SMILES string of the molecule is Brc1cn2ccnc2c(Oc2ccc3c(c2)CCC3)n1. The van der Waals surface area contributed by atoms with Gasteiger partial charge in [-0.2, -0.15) is 0 Å². The summed E-state index contributed by atoms with van der Waals surface area (Å²) in [6.07, 6.45) is 9.01. The number of hydrogen-bond donors (Lipinski definition) is 0. The predicted molar refractivity (Wildman–Crippen MR) is 79.2 cm³/mol. The van der Waals surface area contributed by atoms with Gasteiger partial charge >= 0.3 is 0 Å². The molecule has 100 valence electrons. The third-order valence-corrected chi connectivity index (χ3v) is 3.98. The quantitative estimate of drug-likeness (QED) is 0.718. The summed E-state index contributed by atoms with van der Waals surface area (Å²) < 4.78 is 8.54. The van der Waals surface area contributed by atoms with E-state index in [0.717, 1.165) is 16.8 Å². The Bertz CT molecular complexity index is 797. The molecule has 0 atom stereocenters. The van der Waals surface area contributed by atoms with Gasteiger partial charge in [-0.25, -0.2) is 9.97 Å². The third kappa shape index (κ3) is 1.98. The smallest absolute Gasteiger partial charge is 0.264 e. The van der Waals surface area contributed by atoms with Gasteiger partial charge in [-0.05, 0) is 58.5 Å². The van der Waals surface area contributed by atoms with Crippen molar-refractivity contribution in [3.05, 3.63) is 52.5 Å². The first-order chi connectivity index (χ1) is 9.79. The maximum atomic E-state index is 5.93. The molecule has 1 aliphatic carbocycles. The van der Waals surface area contributed by atoms with E-state index in [9.17, 15) is 0 Å². The lowest BCUT2D eigenvalue weighted by molar-refractivity contribution is 0.463. The molecule has 1 aromatic carbocycles. The Morgan fingerprint density at radius 3 is 3.05 bits per heavy atom. The van der Waals surface area contributed by atoms with Crippen LogP contribution in [0.4, 0.5) is 0 Å². The number of aromatic nitrogens is 3. The molecular formula is C15H12BrN3O. The Hall–Kier alpha value is -1.88. The Morgan fingerprint density at radius 1 is 1.20 bits per heavy atom. The van der Waals surface area contributed by atoms with Crippen molar-refractivity contribution in [1.82, 2.24) is 14.4 Å². The van der Waals surface area contributed by atoms with Crippen molar-refractivity contribution >= 4 is 21.6 Å². The van der Waals surface area contributed by atoms with E-state index in [1.54, 1.807) is 6.20 Å². The third-order valence-electron chi connectivity index (χ3n) is 3.60. The van der Waals surface area contributed by atoms with Crippen LogP contribution in [0.25, 0.3) is 5.65 Å². The summed E-state index contributed by atoms with van der Waals surface area (Å²) in [5.41, 5.74) is 3.54. The van der Waals surface area contributed by atoms with Crippen LogP contribution in [0.3, 0.4) is 0 Å². The number of rotatable bonds is 2. The lowest BCUT2D eigenvalue weighted by atomic mass is 10.1. The highest BCUT2D eigenvalue weighted by atomic mass is 79.9. The number of hydrogen-bond acceptors (Lipinski definition) is 3. The fourth-order valence-electron chi connectivity index (χ4n) is 2.67. The van der Waals surface area contributed by atoms with Gasteiger partial charge in [0.05, 0.1) is 0 Å². The van der Waals surface area contributed by atoms with Crippen molar-refractivity contribution in [3.8, 4) is 11.6 Å². The van der Waals surface area contributed by atoms with Crippen LogP contribution in [0.15, 0.2) is 41.4 Å². The van der Waals surface area contributed by atoms with Crippen LogP contribution in [-0.4, -0.2) is 14.4 Å². The molecule has 0 aliphatic heterocycles. The fourth-order valence-corrected chi connectivity index (χ4v) is 3.05. The first kappa shape index (κ1) is 11.9. The molecule has 0 radical (unpaired) electrons. The van der Waals surface area contributed by atoms with Gasteiger partial charge in [0.1, 0.15) is 10.4 Å². The summed E-state index contributed by atoms with van der Waals surface area (Å²) in [6.45, 7) is 0. The summed E-state index contributed by atoms with van der Waals surface area (Å²) in [4.78, 5) is 8.66. The van der Waals surface area contributed by atoms with Crippen molar-refractivity contribution in [2.75, 3.05) is 0 Å². The number of nitrogens with zero attached hydrogens (tertiary/aromatic N) is 3. The van der Waals surface area contributed by atoms with Gasteiger partial charge in [0.25, 0.3) is 5.88 Å². The molecule has 3 aromatic rings. The summed E-state index contributed by atoms with van der Waals surface area (Å²) in [7, 11) is 0. The highest BCUT2D eigenvalue weighted by molar-refractivity contribution is 9.10. The normalized spacial score (nSPS) is 13.7. The number of ether oxygens (including phenoxy) is 1. The first-order valence-corrected chi connectivity index (χ1v) is 7.38. The molecule has 0 saturated carbocycles. The molecule has 0 amide bonds. The van der Waals surface area contributed by atoms with Crippen LogP contribution < -0.4 is 4.74 Å². The van der Waals surface area contributed by atoms with E-state index in [1.807, 2.05) is 22.9 Å². The van der Waals surface area contributed by atoms with E-state index in [2.05, 4.69) is 38.0 Å². The molecule has 0 spiro atoms. The number of halogens is 1. The maximum absolute atomic E-state index is 5.93. The van der Waals surface area contributed by atoms with E-state index in [-0.39, 0.29) is 0 Å². The van der Waals surface area contributed by atoms with E-state index in [4.69, 9.17) is 4.74 Å². The van der Waals surface area contributed by atoms with Crippen molar-refractivity contribution in [1.29, 1.82) is 0 Å².